The second-order valence-corrected chi connectivity index (χ2v) is 7.16. The average molecular weight is 340 g/mol. The number of aromatic nitrogens is 1. The maximum Gasteiger partial charge on any atom is 0.246 e. The number of benzene rings is 1. The number of rotatable bonds is 4. The number of nitrogens with zero attached hydrogens (tertiary/aromatic N) is 2. The lowest BCUT2D eigenvalue weighted by Crippen LogP contribution is -2.56. The average Bonchev–Trinajstić information content (AvgIpc) is 2.44. The molecule has 0 saturated carbocycles. The Labute approximate surface area is 132 Å². The van der Waals surface area contributed by atoms with E-state index in [2.05, 4.69) is 4.98 Å². The van der Waals surface area contributed by atoms with Crippen molar-refractivity contribution in [3.8, 4) is 5.88 Å². The van der Waals surface area contributed by atoms with E-state index in [0.29, 0.717) is 11.9 Å². The molecule has 0 spiro atoms. The first kappa shape index (κ1) is 15.8. The van der Waals surface area contributed by atoms with Gasteiger partial charge in [-0.25, -0.2) is 22.2 Å². The summed E-state index contributed by atoms with van der Waals surface area (Å²) in [5.74, 6) is -1.37. The minimum atomic E-state index is -4.07. The summed E-state index contributed by atoms with van der Waals surface area (Å²) in [4.78, 5) is 3.50. The van der Waals surface area contributed by atoms with E-state index in [-0.39, 0.29) is 19.2 Å². The summed E-state index contributed by atoms with van der Waals surface area (Å²) in [6, 6.07) is 7.63. The van der Waals surface area contributed by atoms with Gasteiger partial charge in [0.25, 0.3) is 0 Å². The van der Waals surface area contributed by atoms with E-state index in [1.54, 1.807) is 12.1 Å². The number of ether oxygens (including phenoxy) is 1. The summed E-state index contributed by atoms with van der Waals surface area (Å²) in [6.45, 7) is 1.94. The number of sulfonamides is 1. The van der Waals surface area contributed by atoms with Crippen LogP contribution in [0.4, 0.5) is 8.78 Å². The van der Waals surface area contributed by atoms with Gasteiger partial charge in [-0.1, -0.05) is 6.07 Å². The Morgan fingerprint density at radius 3 is 2.65 bits per heavy atom. The lowest BCUT2D eigenvalue weighted by Gasteiger charge is -2.37. The van der Waals surface area contributed by atoms with Crippen LogP contribution in [0.25, 0.3) is 0 Å². The number of aryl methyl sites for hydroxylation is 1. The summed E-state index contributed by atoms with van der Waals surface area (Å²) >= 11 is 0. The molecule has 1 aliphatic rings. The second-order valence-electron chi connectivity index (χ2n) is 5.25. The SMILES string of the molecule is Cc1cccc(OC2CN(S(=O)(=O)c3cc(F)ccc3F)C2)n1. The predicted molar refractivity (Wildman–Crippen MR) is 78.5 cm³/mol. The summed E-state index contributed by atoms with van der Waals surface area (Å²) in [5.41, 5.74) is 0.785. The molecule has 0 amide bonds. The zero-order valence-corrected chi connectivity index (χ0v) is 13.1. The van der Waals surface area contributed by atoms with Gasteiger partial charge in [0.05, 0.1) is 13.1 Å². The first-order valence-electron chi connectivity index (χ1n) is 6.92. The normalized spacial score (nSPS) is 16.1. The zero-order chi connectivity index (χ0) is 16.6. The Hall–Kier alpha value is -2.06. The van der Waals surface area contributed by atoms with Crippen LogP contribution in [0.5, 0.6) is 5.88 Å². The highest BCUT2D eigenvalue weighted by molar-refractivity contribution is 7.89. The van der Waals surface area contributed by atoms with Gasteiger partial charge in [0.1, 0.15) is 22.6 Å². The fourth-order valence-corrected chi connectivity index (χ4v) is 3.82. The van der Waals surface area contributed by atoms with Gasteiger partial charge in [-0.3, -0.25) is 0 Å². The van der Waals surface area contributed by atoms with Gasteiger partial charge in [-0.2, -0.15) is 4.31 Å². The second kappa shape index (κ2) is 5.86. The number of hydrogen-bond acceptors (Lipinski definition) is 4. The van der Waals surface area contributed by atoms with Crippen molar-refractivity contribution in [1.29, 1.82) is 0 Å². The van der Waals surface area contributed by atoms with E-state index in [4.69, 9.17) is 4.74 Å². The molecular formula is C15H14F2N2O3S. The van der Waals surface area contributed by atoms with Gasteiger partial charge in [-0.15, -0.1) is 0 Å². The molecule has 23 heavy (non-hydrogen) atoms. The predicted octanol–water partition coefficient (Wildman–Crippen LogP) is 2.12. The smallest absolute Gasteiger partial charge is 0.246 e. The molecular weight excluding hydrogens is 326 g/mol. The largest absolute Gasteiger partial charge is 0.472 e. The van der Waals surface area contributed by atoms with Crippen LogP contribution in [0.2, 0.25) is 0 Å². The highest BCUT2D eigenvalue weighted by atomic mass is 32.2. The molecule has 122 valence electrons. The lowest BCUT2D eigenvalue weighted by atomic mass is 10.2. The Balaban J connectivity index is 1.70. The topological polar surface area (TPSA) is 59.5 Å². The van der Waals surface area contributed by atoms with Crippen molar-refractivity contribution in [2.45, 2.75) is 17.9 Å². The van der Waals surface area contributed by atoms with Crippen LogP contribution < -0.4 is 4.74 Å². The summed E-state index contributed by atoms with van der Waals surface area (Å²) in [5, 5.41) is 0. The van der Waals surface area contributed by atoms with Gasteiger partial charge in [0.2, 0.25) is 15.9 Å². The van der Waals surface area contributed by atoms with Gasteiger partial charge in [0.15, 0.2) is 0 Å². The van der Waals surface area contributed by atoms with Crippen LogP contribution in [0.3, 0.4) is 0 Å². The van der Waals surface area contributed by atoms with Crippen molar-refractivity contribution in [1.82, 2.24) is 9.29 Å². The Kier molecular flexibility index (Phi) is 4.03. The van der Waals surface area contributed by atoms with E-state index >= 15 is 0 Å². The molecule has 1 aromatic heterocycles. The molecule has 1 aromatic carbocycles. The molecule has 1 fully saturated rings. The van der Waals surface area contributed by atoms with Crippen LogP contribution in [0, 0.1) is 18.6 Å². The maximum absolute atomic E-state index is 13.7. The Morgan fingerprint density at radius 1 is 1.22 bits per heavy atom. The van der Waals surface area contributed by atoms with Gasteiger partial charge < -0.3 is 4.74 Å². The summed E-state index contributed by atoms with van der Waals surface area (Å²) in [7, 11) is -4.07. The van der Waals surface area contributed by atoms with Crippen molar-refractivity contribution in [3.05, 3.63) is 53.7 Å². The molecule has 5 nitrogen and oxygen atoms in total. The van der Waals surface area contributed by atoms with Crippen molar-refractivity contribution in [2.75, 3.05) is 13.1 Å². The molecule has 0 atom stereocenters. The summed E-state index contributed by atoms with van der Waals surface area (Å²) in [6.07, 6.45) is -0.365. The molecule has 0 N–H and O–H groups in total. The van der Waals surface area contributed by atoms with Gasteiger partial charge in [0, 0.05) is 11.8 Å². The van der Waals surface area contributed by atoms with E-state index in [1.165, 1.54) is 0 Å². The van der Waals surface area contributed by atoms with E-state index < -0.39 is 26.6 Å². The number of pyridine rings is 1. The molecule has 1 saturated heterocycles. The Morgan fingerprint density at radius 2 is 1.96 bits per heavy atom. The zero-order valence-electron chi connectivity index (χ0n) is 12.2. The van der Waals surface area contributed by atoms with Crippen molar-refractivity contribution < 1.29 is 21.9 Å². The molecule has 8 heteroatoms. The van der Waals surface area contributed by atoms with Crippen LogP contribution in [0.15, 0.2) is 41.3 Å². The molecule has 3 rings (SSSR count). The minimum Gasteiger partial charge on any atom is -0.472 e. The fraction of sp³-hybridized carbons (Fsp3) is 0.267. The highest BCUT2D eigenvalue weighted by Crippen LogP contribution is 2.26. The van der Waals surface area contributed by atoms with Crippen LogP contribution >= 0.6 is 0 Å². The van der Waals surface area contributed by atoms with Gasteiger partial charge in [-0.05, 0) is 31.2 Å². The van der Waals surface area contributed by atoms with E-state index in [1.807, 2.05) is 13.0 Å². The highest BCUT2D eigenvalue weighted by Gasteiger charge is 2.39. The molecule has 2 heterocycles. The monoisotopic (exact) mass is 340 g/mol. The molecule has 1 aliphatic heterocycles. The molecule has 0 radical (unpaired) electrons. The Bertz CT molecular complexity index is 836. The summed E-state index contributed by atoms with van der Waals surface area (Å²) < 4.78 is 58.0. The van der Waals surface area contributed by atoms with Crippen molar-refractivity contribution in [2.24, 2.45) is 0 Å². The van der Waals surface area contributed by atoms with Gasteiger partial charge >= 0.3 is 0 Å². The number of hydrogen-bond donors (Lipinski definition) is 0. The third-order valence-electron chi connectivity index (χ3n) is 3.48. The molecule has 2 aromatic rings. The van der Waals surface area contributed by atoms with E-state index in [9.17, 15) is 17.2 Å². The first-order chi connectivity index (χ1) is 10.9. The van der Waals surface area contributed by atoms with Crippen molar-refractivity contribution in [3.63, 3.8) is 0 Å². The first-order valence-corrected chi connectivity index (χ1v) is 8.36. The van der Waals surface area contributed by atoms with Crippen molar-refractivity contribution >= 4 is 10.0 Å². The standard InChI is InChI=1S/C15H14F2N2O3S/c1-10-3-2-4-15(18-10)22-12-8-19(9-12)23(20,21)14-7-11(16)5-6-13(14)17/h2-7,12H,8-9H2,1H3. The lowest BCUT2D eigenvalue weighted by molar-refractivity contribution is 0.0718. The van der Waals surface area contributed by atoms with Crippen LogP contribution in [-0.2, 0) is 10.0 Å². The third-order valence-corrected chi connectivity index (χ3v) is 5.32. The minimum absolute atomic E-state index is 0.0634. The molecule has 0 unspecified atom stereocenters. The number of halogens is 2. The molecule has 0 bridgehead atoms. The molecule has 0 aliphatic carbocycles. The maximum atomic E-state index is 13.7. The fourth-order valence-electron chi connectivity index (χ4n) is 2.24. The van der Waals surface area contributed by atoms with E-state index in [0.717, 1.165) is 22.1 Å². The third kappa shape index (κ3) is 3.18. The van der Waals surface area contributed by atoms with Crippen LogP contribution in [-0.4, -0.2) is 36.9 Å². The quantitative estimate of drug-likeness (QED) is 0.855. The van der Waals surface area contributed by atoms with Crippen LogP contribution in [0.1, 0.15) is 5.69 Å².